The molecule has 0 atom stereocenters. The van der Waals surface area contributed by atoms with Crippen molar-refractivity contribution < 1.29 is 14.5 Å². The summed E-state index contributed by atoms with van der Waals surface area (Å²) in [7, 11) is 0. The van der Waals surface area contributed by atoms with Crippen LogP contribution in [0.4, 0.5) is 10.5 Å². The van der Waals surface area contributed by atoms with Crippen molar-refractivity contribution in [1.29, 1.82) is 0 Å². The van der Waals surface area contributed by atoms with Gasteiger partial charge in [-0.15, -0.1) is 0 Å². The third-order valence-corrected chi connectivity index (χ3v) is 2.69. The Balaban J connectivity index is 2.69. The van der Waals surface area contributed by atoms with E-state index in [9.17, 15) is 14.9 Å². The number of hydrogen-bond acceptors (Lipinski definition) is 4. The van der Waals surface area contributed by atoms with E-state index >= 15 is 0 Å². The molecule has 0 amide bonds. The third kappa shape index (κ3) is 1.81. The zero-order chi connectivity index (χ0) is 13.3. The second-order valence-electron chi connectivity index (χ2n) is 3.81. The summed E-state index contributed by atoms with van der Waals surface area (Å²) < 4.78 is 6.20. The molecule has 18 heavy (non-hydrogen) atoms. The lowest BCUT2D eigenvalue weighted by Gasteiger charge is -2.06. The van der Waals surface area contributed by atoms with E-state index in [0.29, 0.717) is 10.9 Å². The molecule has 94 valence electrons. The van der Waals surface area contributed by atoms with Crippen LogP contribution in [0.2, 0.25) is 0 Å². The van der Waals surface area contributed by atoms with E-state index in [2.05, 4.69) is 0 Å². The molecule has 0 unspecified atom stereocenters. The Morgan fingerprint density at radius 3 is 2.78 bits per heavy atom. The van der Waals surface area contributed by atoms with Crippen LogP contribution in [0.3, 0.4) is 0 Å². The standard InChI is InChI=1S/C12H12N2O4/c1-3-18-12(15)13-7-6-9-10(14(16)17)5-4-8(2)11(9)13/h4-7H,3H2,1-2H3. The molecule has 0 bridgehead atoms. The van der Waals surface area contributed by atoms with E-state index < -0.39 is 11.0 Å². The summed E-state index contributed by atoms with van der Waals surface area (Å²) >= 11 is 0. The number of ether oxygens (including phenoxy) is 1. The topological polar surface area (TPSA) is 74.4 Å². The highest BCUT2D eigenvalue weighted by molar-refractivity contribution is 5.96. The molecular formula is C12H12N2O4. The number of non-ortho nitro benzene ring substituents is 1. The van der Waals surface area contributed by atoms with Crippen LogP contribution < -0.4 is 0 Å². The zero-order valence-electron chi connectivity index (χ0n) is 10.0. The summed E-state index contributed by atoms with van der Waals surface area (Å²) in [4.78, 5) is 22.2. The molecule has 0 saturated carbocycles. The first-order valence-corrected chi connectivity index (χ1v) is 5.48. The van der Waals surface area contributed by atoms with Gasteiger partial charge < -0.3 is 4.74 Å². The molecule has 2 rings (SSSR count). The van der Waals surface area contributed by atoms with Gasteiger partial charge in [-0.25, -0.2) is 4.79 Å². The fraction of sp³-hybridized carbons (Fsp3) is 0.250. The second kappa shape index (κ2) is 4.48. The van der Waals surface area contributed by atoms with Gasteiger partial charge >= 0.3 is 6.09 Å². The number of nitro benzene ring substituents is 1. The summed E-state index contributed by atoms with van der Waals surface area (Å²) in [6.45, 7) is 3.76. The van der Waals surface area contributed by atoms with Gasteiger partial charge in [0.05, 0.1) is 22.4 Å². The Bertz CT molecular complexity index is 630. The predicted molar refractivity (Wildman–Crippen MR) is 65.7 cm³/mol. The number of fused-ring (bicyclic) bond motifs is 1. The van der Waals surface area contributed by atoms with Gasteiger partial charge in [0.25, 0.3) is 5.69 Å². The number of rotatable bonds is 2. The van der Waals surface area contributed by atoms with Gasteiger partial charge in [-0.1, -0.05) is 6.07 Å². The molecule has 0 aliphatic heterocycles. The predicted octanol–water partition coefficient (Wildman–Crippen LogP) is 2.86. The number of nitrogens with zero attached hydrogens (tertiary/aromatic N) is 2. The molecule has 0 saturated heterocycles. The summed E-state index contributed by atoms with van der Waals surface area (Å²) in [5.41, 5.74) is 1.29. The molecule has 6 nitrogen and oxygen atoms in total. The lowest BCUT2D eigenvalue weighted by molar-refractivity contribution is -0.383. The van der Waals surface area contributed by atoms with Gasteiger partial charge in [0.15, 0.2) is 0 Å². The Labute approximate surface area is 103 Å². The molecule has 1 aromatic heterocycles. The van der Waals surface area contributed by atoms with Crippen LogP contribution in [0, 0.1) is 17.0 Å². The van der Waals surface area contributed by atoms with Crippen LogP contribution in [0.25, 0.3) is 10.9 Å². The van der Waals surface area contributed by atoms with Crippen molar-refractivity contribution in [2.45, 2.75) is 13.8 Å². The fourth-order valence-electron chi connectivity index (χ4n) is 1.92. The zero-order valence-corrected chi connectivity index (χ0v) is 10.0. The third-order valence-electron chi connectivity index (χ3n) is 2.69. The Morgan fingerprint density at radius 2 is 2.17 bits per heavy atom. The molecule has 0 aliphatic carbocycles. The van der Waals surface area contributed by atoms with E-state index in [1.54, 1.807) is 26.0 Å². The van der Waals surface area contributed by atoms with E-state index in [0.717, 1.165) is 5.56 Å². The summed E-state index contributed by atoms with van der Waals surface area (Å²) in [6.07, 6.45) is 0.957. The summed E-state index contributed by atoms with van der Waals surface area (Å²) in [5, 5.41) is 11.3. The lowest BCUT2D eigenvalue weighted by Crippen LogP contribution is -2.12. The molecule has 0 aliphatic rings. The van der Waals surface area contributed by atoms with E-state index in [4.69, 9.17) is 4.74 Å². The van der Waals surface area contributed by atoms with Crippen molar-refractivity contribution in [3.05, 3.63) is 40.1 Å². The molecule has 0 N–H and O–H groups in total. The highest BCUT2D eigenvalue weighted by Gasteiger charge is 2.19. The normalized spacial score (nSPS) is 10.6. The van der Waals surface area contributed by atoms with Crippen LogP contribution in [0.15, 0.2) is 24.4 Å². The van der Waals surface area contributed by atoms with Crippen LogP contribution in [-0.4, -0.2) is 22.2 Å². The van der Waals surface area contributed by atoms with Crippen molar-refractivity contribution in [3.8, 4) is 0 Å². The smallest absolute Gasteiger partial charge is 0.418 e. The first-order valence-electron chi connectivity index (χ1n) is 5.48. The Hall–Kier alpha value is -2.37. The first-order chi connectivity index (χ1) is 8.56. The quantitative estimate of drug-likeness (QED) is 0.605. The Kier molecular flexibility index (Phi) is 3.01. The van der Waals surface area contributed by atoms with Gasteiger partial charge in [-0.05, 0) is 25.5 Å². The van der Waals surface area contributed by atoms with Crippen molar-refractivity contribution >= 4 is 22.7 Å². The van der Waals surface area contributed by atoms with E-state index in [1.807, 2.05) is 0 Å². The summed E-state index contributed by atoms with van der Waals surface area (Å²) in [6, 6.07) is 4.61. The van der Waals surface area contributed by atoms with Gasteiger partial charge in [-0.3, -0.25) is 14.7 Å². The number of nitro groups is 1. The van der Waals surface area contributed by atoms with Crippen LogP contribution in [0.1, 0.15) is 12.5 Å². The van der Waals surface area contributed by atoms with E-state index in [-0.39, 0.29) is 12.3 Å². The maximum absolute atomic E-state index is 11.7. The minimum absolute atomic E-state index is 0.0151. The van der Waals surface area contributed by atoms with Gasteiger partial charge in [0.2, 0.25) is 0 Å². The molecule has 6 heteroatoms. The van der Waals surface area contributed by atoms with Crippen LogP contribution in [-0.2, 0) is 4.74 Å². The minimum atomic E-state index is -0.531. The average Bonchev–Trinajstić information content (AvgIpc) is 2.74. The SMILES string of the molecule is CCOC(=O)n1ccc2c([N+](=O)[O-])ccc(C)c21. The van der Waals surface area contributed by atoms with E-state index in [1.165, 1.54) is 16.8 Å². The molecule has 1 aromatic carbocycles. The molecule has 2 aromatic rings. The number of carbonyl (C=O) groups excluding carboxylic acids is 1. The number of benzene rings is 1. The monoisotopic (exact) mass is 248 g/mol. The average molecular weight is 248 g/mol. The van der Waals surface area contributed by atoms with Crippen LogP contribution >= 0.6 is 0 Å². The molecular weight excluding hydrogens is 236 g/mol. The largest absolute Gasteiger partial charge is 0.449 e. The minimum Gasteiger partial charge on any atom is -0.449 e. The molecule has 0 spiro atoms. The highest BCUT2D eigenvalue weighted by atomic mass is 16.6. The van der Waals surface area contributed by atoms with Crippen molar-refractivity contribution in [3.63, 3.8) is 0 Å². The fourth-order valence-corrected chi connectivity index (χ4v) is 1.92. The van der Waals surface area contributed by atoms with Crippen molar-refractivity contribution in [1.82, 2.24) is 4.57 Å². The molecule has 0 radical (unpaired) electrons. The first kappa shape index (κ1) is 12.1. The van der Waals surface area contributed by atoms with Crippen LogP contribution in [0.5, 0.6) is 0 Å². The Morgan fingerprint density at radius 1 is 1.44 bits per heavy atom. The van der Waals surface area contributed by atoms with Crippen molar-refractivity contribution in [2.75, 3.05) is 6.61 Å². The number of hydrogen-bond donors (Lipinski definition) is 0. The number of carbonyl (C=O) groups is 1. The maximum Gasteiger partial charge on any atom is 0.418 e. The van der Waals surface area contributed by atoms with Gasteiger partial charge in [-0.2, -0.15) is 0 Å². The number of aromatic nitrogens is 1. The molecule has 0 fully saturated rings. The summed E-state index contributed by atoms with van der Waals surface area (Å²) in [5.74, 6) is 0. The van der Waals surface area contributed by atoms with Crippen molar-refractivity contribution in [2.24, 2.45) is 0 Å². The second-order valence-corrected chi connectivity index (χ2v) is 3.81. The maximum atomic E-state index is 11.7. The van der Waals surface area contributed by atoms with Gasteiger partial charge in [0, 0.05) is 12.3 Å². The van der Waals surface area contributed by atoms with Gasteiger partial charge in [0.1, 0.15) is 0 Å². The number of aryl methyl sites for hydroxylation is 1. The lowest BCUT2D eigenvalue weighted by atomic mass is 10.1. The highest BCUT2D eigenvalue weighted by Crippen LogP contribution is 2.29. The molecule has 1 heterocycles.